The maximum atomic E-state index is 9.93. The molecule has 2 aromatic carbocycles. The van der Waals surface area contributed by atoms with Gasteiger partial charge in [-0.1, -0.05) is 24.3 Å². The Morgan fingerprint density at radius 2 is 1.31 bits per heavy atom. The predicted octanol–water partition coefficient (Wildman–Crippen LogP) is 2.77. The highest BCUT2D eigenvalue weighted by molar-refractivity contribution is 5.78. The minimum absolute atomic E-state index is 0.0510. The molecule has 0 saturated carbocycles. The predicted molar refractivity (Wildman–Crippen MR) is 106 cm³/mol. The lowest BCUT2D eigenvalue weighted by molar-refractivity contribution is 0.476. The molecule has 26 heavy (non-hydrogen) atoms. The Labute approximate surface area is 151 Å². The molecule has 1 aromatic heterocycles. The Kier molecular flexibility index (Phi) is 5.21. The SMILES string of the molecule is NCc1ccc(Nc2cc(O)c(N)nc2Nc2ccc(CN)cc2)cc1. The molecular weight excluding hydrogens is 328 g/mol. The van der Waals surface area contributed by atoms with Crippen molar-refractivity contribution in [2.24, 2.45) is 11.5 Å². The van der Waals surface area contributed by atoms with E-state index < -0.39 is 0 Å². The molecule has 0 spiro atoms. The average molecular weight is 350 g/mol. The molecule has 0 saturated heterocycles. The number of aromatic nitrogens is 1. The average Bonchev–Trinajstić information content (AvgIpc) is 2.67. The minimum atomic E-state index is -0.0879. The number of nitrogens with one attached hydrogen (secondary N) is 2. The van der Waals surface area contributed by atoms with E-state index in [0.29, 0.717) is 24.6 Å². The summed E-state index contributed by atoms with van der Waals surface area (Å²) in [6.07, 6.45) is 0. The van der Waals surface area contributed by atoms with E-state index >= 15 is 0 Å². The van der Waals surface area contributed by atoms with Gasteiger partial charge in [0, 0.05) is 30.5 Å². The Hall–Kier alpha value is -3.29. The number of aromatic hydroxyl groups is 1. The van der Waals surface area contributed by atoms with Crippen LogP contribution in [0.25, 0.3) is 0 Å². The molecule has 0 bridgehead atoms. The molecule has 0 aliphatic rings. The van der Waals surface area contributed by atoms with Crippen LogP contribution in [0.2, 0.25) is 0 Å². The van der Waals surface area contributed by atoms with Crippen LogP contribution in [0, 0.1) is 0 Å². The van der Waals surface area contributed by atoms with Crippen LogP contribution >= 0.6 is 0 Å². The molecule has 0 aliphatic heterocycles. The zero-order valence-corrected chi connectivity index (χ0v) is 14.2. The van der Waals surface area contributed by atoms with E-state index in [0.717, 1.165) is 22.5 Å². The third-order valence-electron chi connectivity index (χ3n) is 3.95. The van der Waals surface area contributed by atoms with Crippen molar-refractivity contribution in [3.63, 3.8) is 0 Å². The molecule has 0 unspecified atom stereocenters. The van der Waals surface area contributed by atoms with Crippen molar-refractivity contribution in [1.82, 2.24) is 4.98 Å². The number of rotatable bonds is 6. The number of benzene rings is 2. The van der Waals surface area contributed by atoms with E-state index in [1.165, 1.54) is 6.07 Å². The number of nitrogens with two attached hydrogens (primary N) is 3. The highest BCUT2D eigenvalue weighted by Gasteiger charge is 2.10. The largest absolute Gasteiger partial charge is 0.504 e. The van der Waals surface area contributed by atoms with Gasteiger partial charge in [0.05, 0.1) is 5.69 Å². The Morgan fingerprint density at radius 1 is 0.808 bits per heavy atom. The molecule has 7 nitrogen and oxygen atoms in total. The van der Waals surface area contributed by atoms with E-state index in [2.05, 4.69) is 15.6 Å². The smallest absolute Gasteiger partial charge is 0.168 e. The van der Waals surface area contributed by atoms with Crippen LogP contribution in [0.15, 0.2) is 54.6 Å². The highest BCUT2D eigenvalue weighted by atomic mass is 16.3. The molecule has 134 valence electrons. The van der Waals surface area contributed by atoms with Crippen molar-refractivity contribution in [3.05, 3.63) is 65.7 Å². The van der Waals surface area contributed by atoms with Gasteiger partial charge in [-0.3, -0.25) is 0 Å². The van der Waals surface area contributed by atoms with Gasteiger partial charge in [0.2, 0.25) is 0 Å². The lowest BCUT2D eigenvalue weighted by Crippen LogP contribution is -2.03. The van der Waals surface area contributed by atoms with Crippen LogP contribution in [-0.4, -0.2) is 10.1 Å². The van der Waals surface area contributed by atoms with Gasteiger partial charge in [0.1, 0.15) is 0 Å². The first-order valence-corrected chi connectivity index (χ1v) is 8.20. The standard InChI is InChI=1S/C19H22N6O/c20-10-12-1-5-14(6-2-12)23-16-9-17(26)18(22)25-19(16)24-15-7-3-13(11-21)4-8-15/h1-9,23,26H,10-11,20-21H2,(H3,22,24,25). The Morgan fingerprint density at radius 3 is 1.81 bits per heavy atom. The molecule has 0 fully saturated rings. The molecule has 7 heteroatoms. The van der Waals surface area contributed by atoms with Crippen molar-refractivity contribution in [3.8, 4) is 5.75 Å². The summed E-state index contributed by atoms with van der Waals surface area (Å²) >= 11 is 0. The monoisotopic (exact) mass is 350 g/mol. The maximum Gasteiger partial charge on any atom is 0.168 e. The number of nitrogen functional groups attached to an aromatic ring is 1. The first-order valence-electron chi connectivity index (χ1n) is 8.20. The van der Waals surface area contributed by atoms with Gasteiger partial charge >= 0.3 is 0 Å². The quantitative estimate of drug-likeness (QED) is 0.402. The van der Waals surface area contributed by atoms with Gasteiger partial charge in [0.15, 0.2) is 17.4 Å². The summed E-state index contributed by atoms with van der Waals surface area (Å²) in [5, 5.41) is 16.4. The second-order valence-corrected chi connectivity index (χ2v) is 5.84. The molecule has 3 aromatic rings. The van der Waals surface area contributed by atoms with Crippen LogP contribution < -0.4 is 27.8 Å². The molecule has 9 N–H and O–H groups in total. The molecule has 0 aliphatic carbocycles. The Bertz CT molecular complexity index is 803. The van der Waals surface area contributed by atoms with Crippen LogP contribution in [-0.2, 0) is 13.1 Å². The second kappa shape index (κ2) is 7.73. The number of hydrogen-bond acceptors (Lipinski definition) is 7. The fourth-order valence-electron chi connectivity index (χ4n) is 2.45. The molecular formula is C19H22N6O. The molecule has 0 atom stereocenters. The summed E-state index contributed by atoms with van der Waals surface area (Å²) in [7, 11) is 0. The summed E-state index contributed by atoms with van der Waals surface area (Å²) in [4.78, 5) is 4.25. The molecule has 1 heterocycles. The number of hydrogen-bond donors (Lipinski definition) is 6. The number of pyridine rings is 1. The van der Waals surface area contributed by atoms with Crippen molar-refractivity contribution < 1.29 is 5.11 Å². The number of nitrogens with zero attached hydrogens (tertiary/aromatic N) is 1. The third kappa shape index (κ3) is 4.02. The van der Waals surface area contributed by atoms with Gasteiger partial charge in [-0.15, -0.1) is 0 Å². The number of anilines is 5. The van der Waals surface area contributed by atoms with E-state index in [1.807, 2.05) is 48.5 Å². The summed E-state index contributed by atoms with van der Waals surface area (Å²) in [6, 6.07) is 16.9. The van der Waals surface area contributed by atoms with E-state index in [-0.39, 0.29) is 11.6 Å². The Balaban J connectivity index is 1.88. The van der Waals surface area contributed by atoms with E-state index in [4.69, 9.17) is 17.2 Å². The zero-order chi connectivity index (χ0) is 18.5. The van der Waals surface area contributed by atoms with Gasteiger partial charge in [-0.25, -0.2) is 4.98 Å². The fourth-order valence-corrected chi connectivity index (χ4v) is 2.45. The summed E-state index contributed by atoms with van der Waals surface area (Å²) in [5.74, 6) is 0.467. The fraction of sp³-hybridized carbons (Fsp3) is 0.105. The summed E-state index contributed by atoms with van der Waals surface area (Å²) < 4.78 is 0. The zero-order valence-electron chi connectivity index (χ0n) is 14.2. The third-order valence-corrected chi connectivity index (χ3v) is 3.95. The molecule has 3 rings (SSSR count). The second-order valence-electron chi connectivity index (χ2n) is 5.84. The first kappa shape index (κ1) is 17.5. The normalized spacial score (nSPS) is 10.5. The molecule has 0 amide bonds. The van der Waals surface area contributed by atoms with Gasteiger partial charge in [-0.05, 0) is 35.4 Å². The molecule has 0 radical (unpaired) electrons. The first-order chi connectivity index (χ1) is 12.6. The van der Waals surface area contributed by atoms with E-state index in [9.17, 15) is 5.11 Å². The van der Waals surface area contributed by atoms with Crippen molar-refractivity contribution >= 4 is 28.7 Å². The van der Waals surface area contributed by atoms with Crippen LogP contribution in [0.4, 0.5) is 28.7 Å². The van der Waals surface area contributed by atoms with E-state index in [1.54, 1.807) is 0 Å². The van der Waals surface area contributed by atoms with Gasteiger partial charge < -0.3 is 32.9 Å². The van der Waals surface area contributed by atoms with Crippen molar-refractivity contribution in [2.45, 2.75) is 13.1 Å². The van der Waals surface area contributed by atoms with Gasteiger partial charge in [-0.2, -0.15) is 0 Å². The van der Waals surface area contributed by atoms with Gasteiger partial charge in [0.25, 0.3) is 0 Å². The van der Waals surface area contributed by atoms with Crippen LogP contribution in [0.1, 0.15) is 11.1 Å². The summed E-state index contributed by atoms with van der Waals surface area (Å²) in [5.41, 5.74) is 21.4. The highest BCUT2D eigenvalue weighted by Crippen LogP contribution is 2.33. The van der Waals surface area contributed by atoms with Crippen LogP contribution in [0.5, 0.6) is 5.75 Å². The van der Waals surface area contributed by atoms with Crippen molar-refractivity contribution in [1.29, 1.82) is 0 Å². The maximum absolute atomic E-state index is 9.93. The topological polar surface area (TPSA) is 135 Å². The lowest BCUT2D eigenvalue weighted by Gasteiger charge is -2.15. The van der Waals surface area contributed by atoms with Crippen LogP contribution in [0.3, 0.4) is 0 Å². The lowest BCUT2D eigenvalue weighted by atomic mass is 10.2. The minimum Gasteiger partial charge on any atom is -0.504 e. The van der Waals surface area contributed by atoms with Crippen molar-refractivity contribution in [2.75, 3.05) is 16.4 Å². The summed E-state index contributed by atoms with van der Waals surface area (Å²) in [6.45, 7) is 0.965.